The minimum atomic E-state index is -0.0598. The van der Waals surface area contributed by atoms with E-state index in [2.05, 4.69) is 12.2 Å². The van der Waals surface area contributed by atoms with E-state index in [-0.39, 0.29) is 12.1 Å². The van der Waals surface area contributed by atoms with Gasteiger partial charge in [0.1, 0.15) is 0 Å². The third-order valence-electron chi connectivity index (χ3n) is 3.23. The van der Waals surface area contributed by atoms with Crippen molar-refractivity contribution in [3.05, 3.63) is 29.8 Å². The summed E-state index contributed by atoms with van der Waals surface area (Å²) in [5.41, 5.74) is 7.87. The van der Waals surface area contributed by atoms with E-state index >= 15 is 0 Å². The van der Waals surface area contributed by atoms with Crippen molar-refractivity contribution in [2.75, 3.05) is 18.4 Å². The van der Waals surface area contributed by atoms with Crippen molar-refractivity contribution in [3.8, 4) is 0 Å². The first-order valence-electron chi connectivity index (χ1n) is 5.94. The molecule has 2 unspecified atom stereocenters. The normalized spacial score (nSPS) is 23.8. The van der Waals surface area contributed by atoms with Crippen LogP contribution in [0.3, 0.4) is 0 Å². The number of likely N-dealkylation sites (tertiary alicyclic amines) is 1. The van der Waals surface area contributed by atoms with Crippen molar-refractivity contribution in [1.82, 2.24) is 4.90 Å². The first kappa shape index (κ1) is 11.9. The summed E-state index contributed by atoms with van der Waals surface area (Å²) in [7, 11) is 0. The van der Waals surface area contributed by atoms with Gasteiger partial charge < -0.3 is 16.0 Å². The summed E-state index contributed by atoms with van der Waals surface area (Å²) in [5.74, 6) is 0.373. The molecule has 1 aromatic carbocycles. The van der Waals surface area contributed by atoms with Crippen LogP contribution in [0, 0.1) is 12.8 Å². The second kappa shape index (κ2) is 4.75. The lowest BCUT2D eigenvalue weighted by molar-refractivity contribution is 0.221. The number of hydrogen-bond donors (Lipinski definition) is 2. The summed E-state index contributed by atoms with van der Waals surface area (Å²) in [4.78, 5) is 13.8. The largest absolute Gasteiger partial charge is 0.326 e. The van der Waals surface area contributed by atoms with Crippen LogP contribution in [0.2, 0.25) is 0 Å². The van der Waals surface area contributed by atoms with Crippen molar-refractivity contribution in [2.24, 2.45) is 11.7 Å². The Kier molecular flexibility index (Phi) is 3.33. The van der Waals surface area contributed by atoms with Gasteiger partial charge in [0.15, 0.2) is 0 Å². The third kappa shape index (κ3) is 2.77. The standard InChI is InChI=1S/C13H19N3O/c1-9-4-3-5-11(6-9)15-13(17)16-7-10(2)12(14)8-16/h3-6,10,12H,7-8,14H2,1-2H3,(H,15,17). The van der Waals surface area contributed by atoms with Gasteiger partial charge in [-0.25, -0.2) is 4.79 Å². The number of benzene rings is 1. The van der Waals surface area contributed by atoms with E-state index in [0.29, 0.717) is 12.5 Å². The van der Waals surface area contributed by atoms with E-state index < -0.39 is 0 Å². The van der Waals surface area contributed by atoms with Crippen LogP contribution in [0.4, 0.5) is 10.5 Å². The van der Waals surface area contributed by atoms with E-state index in [9.17, 15) is 4.79 Å². The highest BCUT2D eigenvalue weighted by atomic mass is 16.2. The summed E-state index contributed by atoms with van der Waals surface area (Å²) < 4.78 is 0. The van der Waals surface area contributed by atoms with Crippen LogP contribution in [-0.2, 0) is 0 Å². The van der Waals surface area contributed by atoms with Gasteiger partial charge in [-0.05, 0) is 30.5 Å². The zero-order chi connectivity index (χ0) is 12.4. The van der Waals surface area contributed by atoms with E-state index in [1.165, 1.54) is 0 Å². The van der Waals surface area contributed by atoms with E-state index in [0.717, 1.165) is 17.8 Å². The highest BCUT2D eigenvalue weighted by Gasteiger charge is 2.29. The van der Waals surface area contributed by atoms with Gasteiger partial charge in [0, 0.05) is 24.8 Å². The second-order valence-corrected chi connectivity index (χ2v) is 4.85. The Labute approximate surface area is 102 Å². The topological polar surface area (TPSA) is 58.4 Å². The predicted octanol–water partition coefficient (Wildman–Crippen LogP) is 1.81. The zero-order valence-corrected chi connectivity index (χ0v) is 10.3. The number of aryl methyl sites for hydroxylation is 1. The minimum absolute atomic E-state index is 0.0598. The Bertz CT molecular complexity index is 409. The fourth-order valence-electron chi connectivity index (χ4n) is 2.08. The summed E-state index contributed by atoms with van der Waals surface area (Å²) in [5, 5.41) is 2.90. The van der Waals surface area contributed by atoms with Gasteiger partial charge >= 0.3 is 6.03 Å². The fourth-order valence-corrected chi connectivity index (χ4v) is 2.08. The average Bonchev–Trinajstić information content (AvgIpc) is 2.59. The second-order valence-electron chi connectivity index (χ2n) is 4.85. The smallest absolute Gasteiger partial charge is 0.321 e. The maximum atomic E-state index is 12.0. The molecule has 0 saturated carbocycles. The Morgan fingerprint density at radius 3 is 2.82 bits per heavy atom. The SMILES string of the molecule is Cc1cccc(NC(=O)N2CC(C)C(N)C2)c1. The predicted molar refractivity (Wildman–Crippen MR) is 68.9 cm³/mol. The Balaban J connectivity index is 1.98. The van der Waals surface area contributed by atoms with Crippen LogP contribution in [0.1, 0.15) is 12.5 Å². The molecule has 1 fully saturated rings. The van der Waals surface area contributed by atoms with Gasteiger partial charge in [0.25, 0.3) is 0 Å². The molecular formula is C13H19N3O. The first-order chi connectivity index (χ1) is 8.06. The molecule has 1 heterocycles. The van der Waals surface area contributed by atoms with Crippen molar-refractivity contribution < 1.29 is 4.79 Å². The number of anilines is 1. The highest BCUT2D eigenvalue weighted by Crippen LogP contribution is 2.16. The van der Waals surface area contributed by atoms with Crippen molar-refractivity contribution in [2.45, 2.75) is 19.9 Å². The van der Waals surface area contributed by atoms with E-state index in [4.69, 9.17) is 5.73 Å². The summed E-state index contributed by atoms with van der Waals surface area (Å²) in [6, 6.07) is 7.82. The summed E-state index contributed by atoms with van der Waals surface area (Å²) in [6.07, 6.45) is 0. The van der Waals surface area contributed by atoms with Crippen molar-refractivity contribution >= 4 is 11.7 Å². The van der Waals surface area contributed by atoms with Gasteiger partial charge in [-0.2, -0.15) is 0 Å². The molecule has 17 heavy (non-hydrogen) atoms. The first-order valence-corrected chi connectivity index (χ1v) is 5.94. The van der Waals surface area contributed by atoms with Crippen LogP contribution >= 0.6 is 0 Å². The lowest BCUT2D eigenvalue weighted by Crippen LogP contribution is -2.35. The quantitative estimate of drug-likeness (QED) is 0.777. The van der Waals surface area contributed by atoms with Gasteiger partial charge in [-0.15, -0.1) is 0 Å². The Hall–Kier alpha value is -1.55. The number of carbonyl (C=O) groups excluding carboxylic acids is 1. The molecule has 0 bridgehead atoms. The molecule has 2 atom stereocenters. The molecule has 0 aliphatic carbocycles. The molecule has 4 heteroatoms. The molecule has 2 amide bonds. The molecule has 92 valence electrons. The average molecular weight is 233 g/mol. The fraction of sp³-hybridized carbons (Fsp3) is 0.462. The molecule has 1 saturated heterocycles. The van der Waals surface area contributed by atoms with Gasteiger partial charge in [-0.1, -0.05) is 19.1 Å². The molecule has 0 aromatic heterocycles. The molecule has 1 aromatic rings. The number of nitrogens with zero attached hydrogens (tertiary/aromatic N) is 1. The number of nitrogens with one attached hydrogen (secondary N) is 1. The molecule has 0 spiro atoms. The summed E-state index contributed by atoms with van der Waals surface area (Å²) in [6.45, 7) is 5.45. The molecular weight excluding hydrogens is 214 g/mol. The van der Waals surface area contributed by atoms with E-state index in [1.807, 2.05) is 31.2 Å². The minimum Gasteiger partial charge on any atom is -0.326 e. The number of carbonyl (C=O) groups is 1. The highest BCUT2D eigenvalue weighted by molar-refractivity contribution is 5.89. The molecule has 1 aliphatic heterocycles. The lowest BCUT2D eigenvalue weighted by atomic mass is 10.1. The third-order valence-corrected chi connectivity index (χ3v) is 3.23. The maximum Gasteiger partial charge on any atom is 0.321 e. The van der Waals surface area contributed by atoms with Crippen LogP contribution in [0.15, 0.2) is 24.3 Å². The lowest BCUT2D eigenvalue weighted by Gasteiger charge is -2.17. The number of rotatable bonds is 1. The molecule has 1 aliphatic rings. The number of hydrogen-bond acceptors (Lipinski definition) is 2. The maximum absolute atomic E-state index is 12.0. The van der Waals surface area contributed by atoms with Gasteiger partial charge in [0.05, 0.1) is 0 Å². The zero-order valence-electron chi connectivity index (χ0n) is 10.3. The van der Waals surface area contributed by atoms with Crippen LogP contribution in [0.5, 0.6) is 0 Å². The molecule has 2 rings (SSSR count). The van der Waals surface area contributed by atoms with Crippen molar-refractivity contribution in [3.63, 3.8) is 0 Å². The number of amides is 2. The van der Waals surface area contributed by atoms with Gasteiger partial charge in [-0.3, -0.25) is 0 Å². The van der Waals surface area contributed by atoms with Gasteiger partial charge in [0.2, 0.25) is 0 Å². The van der Waals surface area contributed by atoms with Crippen LogP contribution in [0.25, 0.3) is 0 Å². The number of nitrogens with two attached hydrogens (primary N) is 1. The van der Waals surface area contributed by atoms with Crippen LogP contribution < -0.4 is 11.1 Å². The molecule has 0 radical (unpaired) electrons. The Morgan fingerprint density at radius 1 is 1.47 bits per heavy atom. The van der Waals surface area contributed by atoms with Crippen LogP contribution in [-0.4, -0.2) is 30.1 Å². The molecule has 4 nitrogen and oxygen atoms in total. The van der Waals surface area contributed by atoms with E-state index in [1.54, 1.807) is 4.90 Å². The molecule has 3 N–H and O–H groups in total. The van der Waals surface area contributed by atoms with Crippen molar-refractivity contribution in [1.29, 1.82) is 0 Å². The monoisotopic (exact) mass is 233 g/mol. The Morgan fingerprint density at radius 2 is 2.24 bits per heavy atom. The number of urea groups is 1. The summed E-state index contributed by atoms with van der Waals surface area (Å²) >= 11 is 0.